The molecule has 0 radical (unpaired) electrons. The minimum atomic E-state index is 0.290. The van der Waals surface area contributed by atoms with Gasteiger partial charge in [-0.25, -0.2) is 0 Å². The van der Waals surface area contributed by atoms with E-state index < -0.39 is 0 Å². The normalized spacial score (nSPS) is 17.7. The molecule has 1 aliphatic heterocycles. The van der Waals surface area contributed by atoms with Crippen LogP contribution in [0.5, 0.6) is 0 Å². The van der Waals surface area contributed by atoms with Gasteiger partial charge in [0.25, 0.3) is 0 Å². The van der Waals surface area contributed by atoms with Gasteiger partial charge in [0.2, 0.25) is 5.91 Å². The first kappa shape index (κ1) is 12.4. The Morgan fingerprint density at radius 1 is 1.15 bits per heavy atom. The number of amides is 1. The van der Waals surface area contributed by atoms with Crippen molar-refractivity contribution in [3.63, 3.8) is 0 Å². The van der Waals surface area contributed by atoms with E-state index in [1.54, 1.807) is 0 Å². The highest BCUT2D eigenvalue weighted by Crippen LogP contribution is 2.00. The lowest BCUT2D eigenvalue weighted by Gasteiger charge is -2.32. The molecule has 13 heavy (non-hydrogen) atoms. The Morgan fingerprint density at radius 2 is 1.62 bits per heavy atom. The van der Waals surface area contributed by atoms with Crippen LogP contribution in [0.2, 0.25) is 0 Å². The summed E-state index contributed by atoms with van der Waals surface area (Å²) in [5.74, 6) is 0.290. The Kier molecular flexibility index (Phi) is 6.59. The van der Waals surface area contributed by atoms with Crippen LogP contribution in [0, 0.1) is 0 Å². The molecule has 0 saturated carbocycles. The lowest BCUT2D eigenvalue weighted by atomic mass is 10.3. The van der Waals surface area contributed by atoms with Gasteiger partial charge in [-0.15, -0.1) is 0 Å². The maximum Gasteiger partial charge on any atom is 0.222 e. The highest BCUT2D eigenvalue weighted by Gasteiger charge is 2.16. The summed E-state index contributed by atoms with van der Waals surface area (Å²) in [6, 6.07) is 0. The molecule has 0 N–H and O–H groups in total. The highest BCUT2D eigenvalue weighted by molar-refractivity contribution is 5.75. The van der Waals surface area contributed by atoms with Gasteiger partial charge in [-0.3, -0.25) is 4.79 Å². The molecule has 3 heteroatoms. The molecule has 1 rings (SSSR count). The number of likely N-dealkylation sites (N-methyl/N-ethyl adjacent to an activating group) is 1. The van der Waals surface area contributed by atoms with Gasteiger partial charge in [-0.2, -0.15) is 0 Å². The van der Waals surface area contributed by atoms with Crippen LogP contribution in [0.25, 0.3) is 0 Å². The van der Waals surface area contributed by atoms with Crippen LogP contribution in [0.3, 0.4) is 0 Å². The van der Waals surface area contributed by atoms with Gasteiger partial charge >= 0.3 is 0 Å². The van der Waals surface area contributed by atoms with Gasteiger partial charge in [0.05, 0.1) is 0 Å². The van der Waals surface area contributed by atoms with E-state index in [1.807, 2.05) is 25.7 Å². The number of nitrogens with zero attached hydrogens (tertiary/aromatic N) is 2. The van der Waals surface area contributed by atoms with Crippen LogP contribution in [-0.4, -0.2) is 48.9 Å². The fraction of sp³-hybridized carbons (Fsp3) is 0.900. The van der Waals surface area contributed by atoms with Crippen LogP contribution in [0.4, 0.5) is 0 Å². The third-order valence-corrected chi connectivity index (χ3v) is 2.16. The third kappa shape index (κ3) is 4.27. The SMILES string of the molecule is CC.CCC(=O)N1CCN(C)CC1. The summed E-state index contributed by atoms with van der Waals surface area (Å²) in [6.45, 7) is 9.77. The average Bonchev–Trinajstić information content (AvgIpc) is 2.21. The van der Waals surface area contributed by atoms with Crippen LogP contribution < -0.4 is 0 Å². The number of rotatable bonds is 1. The van der Waals surface area contributed by atoms with Crippen molar-refractivity contribution in [2.75, 3.05) is 33.2 Å². The lowest BCUT2D eigenvalue weighted by molar-refractivity contribution is -0.132. The zero-order valence-electron chi connectivity index (χ0n) is 9.34. The zero-order valence-corrected chi connectivity index (χ0v) is 9.34. The van der Waals surface area contributed by atoms with Crippen LogP contribution >= 0.6 is 0 Å². The van der Waals surface area contributed by atoms with E-state index >= 15 is 0 Å². The number of piperazine rings is 1. The molecule has 0 aromatic heterocycles. The summed E-state index contributed by atoms with van der Waals surface area (Å²) >= 11 is 0. The van der Waals surface area contributed by atoms with E-state index in [1.165, 1.54) is 0 Å². The van der Waals surface area contributed by atoms with Crippen LogP contribution in [0.15, 0.2) is 0 Å². The van der Waals surface area contributed by atoms with Gasteiger partial charge in [0.15, 0.2) is 0 Å². The Morgan fingerprint density at radius 3 is 2.00 bits per heavy atom. The molecule has 1 saturated heterocycles. The number of hydrogen-bond acceptors (Lipinski definition) is 2. The molecule has 0 aliphatic carbocycles. The van der Waals surface area contributed by atoms with Gasteiger partial charge in [0.1, 0.15) is 0 Å². The molecule has 3 nitrogen and oxygen atoms in total. The molecule has 0 spiro atoms. The molecule has 1 fully saturated rings. The summed E-state index contributed by atoms with van der Waals surface area (Å²) in [6.07, 6.45) is 0.643. The second kappa shape index (κ2) is 6.89. The van der Waals surface area contributed by atoms with Gasteiger partial charge in [-0.1, -0.05) is 20.8 Å². The van der Waals surface area contributed by atoms with E-state index in [2.05, 4.69) is 11.9 Å². The number of hydrogen-bond donors (Lipinski definition) is 0. The topological polar surface area (TPSA) is 23.6 Å². The standard InChI is InChI=1S/C8H16N2O.C2H6/c1-3-8(11)10-6-4-9(2)5-7-10;1-2/h3-7H2,1-2H3;1-2H3. The number of carbonyl (C=O) groups is 1. The first-order valence-electron chi connectivity index (χ1n) is 5.20. The Balaban J connectivity index is 0.000000671. The maximum atomic E-state index is 11.2. The van der Waals surface area contributed by atoms with Crippen molar-refractivity contribution in [1.82, 2.24) is 9.80 Å². The van der Waals surface area contributed by atoms with Crippen molar-refractivity contribution in [3.8, 4) is 0 Å². The van der Waals surface area contributed by atoms with E-state index in [0.29, 0.717) is 6.42 Å². The molecule has 0 aromatic carbocycles. The predicted molar refractivity (Wildman–Crippen MR) is 55.7 cm³/mol. The quantitative estimate of drug-likeness (QED) is 0.614. The average molecular weight is 186 g/mol. The molecular formula is C10H22N2O. The Hall–Kier alpha value is -0.570. The molecular weight excluding hydrogens is 164 g/mol. The minimum Gasteiger partial charge on any atom is -0.340 e. The lowest BCUT2D eigenvalue weighted by Crippen LogP contribution is -2.46. The Labute approximate surface area is 81.7 Å². The minimum absolute atomic E-state index is 0.290. The summed E-state index contributed by atoms with van der Waals surface area (Å²) in [5, 5.41) is 0. The molecule has 0 bridgehead atoms. The molecule has 1 aliphatic rings. The molecule has 78 valence electrons. The van der Waals surface area contributed by atoms with Crippen molar-refractivity contribution < 1.29 is 4.79 Å². The second-order valence-electron chi connectivity index (χ2n) is 3.04. The largest absolute Gasteiger partial charge is 0.340 e. The van der Waals surface area contributed by atoms with Gasteiger partial charge in [-0.05, 0) is 7.05 Å². The van der Waals surface area contributed by atoms with Gasteiger partial charge in [0, 0.05) is 32.6 Å². The summed E-state index contributed by atoms with van der Waals surface area (Å²) in [7, 11) is 2.09. The first-order valence-corrected chi connectivity index (χ1v) is 5.20. The summed E-state index contributed by atoms with van der Waals surface area (Å²) in [5.41, 5.74) is 0. The Bertz CT molecular complexity index is 140. The van der Waals surface area contributed by atoms with Crippen molar-refractivity contribution in [2.45, 2.75) is 27.2 Å². The summed E-state index contributed by atoms with van der Waals surface area (Å²) in [4.78, 5) is 15.4. The molecule has 0 unspecified atom stereocenters. The fourth-order valence-corrected chi connectivity index (χ4v) is 1.28. The summed E-state index contributed by atoms with van der Waals surface area (Å²) < 4.78 is 0. The van der Waals surface area contributed by atoms with Crippen molar-refractivity contribution >= 4 is 5.91 Å². The smallest absolute Gasteiger partial charge is 0.222 e. The molecule has 1 amide bonds. The molecule has 0 atom stereocenters. The van der Waals surface area contributed by atoms with Crippen molar-refractivity contribution in [1.29, 1.82) is 0 Å². The number of carbonyl (C=O) groups excluding carboxylic acids is 1. The first-order chi connectivity index (χ1) is 6.24. The van der Waals surface area contributed by atoms with Crippen LogP contribution in [-0.2, 0) is 4.79 Å². The molecule has 1 heterocycles. The van der Waals surface area contributed by atoms with Crippen molar-refractivity contribution in [3.05, 3.63) is 0 Å². The maximum absolute atomic E-state index is 11.2. The van der Waals surface area contributed by atoms with E-state index in [-0.39, 0.29) is 5.91 Å². The fourth-order valence-electron chi connectivity index (χ4n) is 1.28. The van der Waals surface area contributed by atoms with Gasteiger partial charge < -0.3 is 9.80 Å². The van der Waals surface area contributed by atoms with E-state index in [9.17, 15) is 4.79 Å². The van der Waals surface area contributed by atoms with E-state index in [0.717, 1.165) is 26.2 Å². The van der Waals surface area contributed by atoms with Crippen LogP contribution in [0.1, 0.15) is 27.2 Å². The zero-order chi connectivity index (χ0) is 10.3. The second-order valence-corrected chi connectivity index (χ2v) is 3.04. The predicted octanol–water partition coefficient (Wildman–Crippen LogP) is 1.20. The highest BCUT2D eigenvalue weighted by atomic mass is 16.2. The van der Waals surface area contributed by atoms with E-state index in [4.69, 9.17) is 0 Å². The third-order valence-electron chi connectivity index (χ3n) is 2.16. The van der Waals surface area contributed by atoms with Crippen molar-refractivity contribution in [2.24, 2.45) is 0 Å². The molecule has 0 aromatic rings. The monoisotopic (exact) mass is 186 g/mol.